The zero-order valence-electron chi connectivity index (χ0n) is 15.7. The molecule has 2 rings (SSSR count). The Balaban J connectivity index is 2.14. The third-order valence-electron chi connectivity index (χ3n) is 4.65. The van der Waals surface area contributed by atoms with Gasteiger partial charge in [-0.2, -0.15) is 0 Å². The highest BCUT2D eigenvalue weighted by atomic mass is 32.2. The molecule has 0 radical (unpaired) electrons. The molecule has 2 aromatic carbocycles. The number of hydrogen-bond donors (Lipinski definition) is 3. The second kappa shape index (κ2) is 10.2. The third-order valence-corrected chi connectivity index (χ3v) is 6.90. The number of hydroxylamine groups is 1. The summed E-state index contributed by atoms with van der Waals surface area (Å²) < 4.78 is 31.2. The maximum Gasteiger partial charge on any atom is 0.261 e. The molecule has 0 saturated heterocycles. The second-order valence-corrected chi connectivity index (χ2v) is 8.66. The molecule has 7 nitrogen and oxygen atoms in total. The van der Waals surface area contributed by atoms with Gasteiger partial charge in [0.05, 0.1) is 17.3 Å². The molecule has 0 aliphatic rings. The van der Waals surface area contributed by atoms with E-state index in [1.54, 1.807) is 0 Å². The van der Waals surface area contributed by atoms with Gasteiger partial charge in [0.25, 0.3) is 5.91 Å². The summed E-state index contributed by atoms with van der Waals surface area (Å²) in [7, 11) is -2.39. The number of benzene rings is 2. The van der Waals surface area contributed by atoms with Crippen LogP contribution in [0.15, 0.2) is 59.5 Å². The SMILES string of the molecule is COc1ccc(S(=O)(=O)C(CCCCc2ccccc2)C(N)C(=O)NO)cc1. The molecule has 0 saturated carbocycles. The summed E-state index contributed by atoms with van der Waals surface area (Å²) in [5.41, 5.74) is 8.49. The maximum atomic E-state index is 13.1. The molecule has 4 N–H and O–H groups in total. The van der Waals surface area contributed by atoms with E-state index in [1.165, 1.54) is 36.9 Å². The van der Waals surface area contributed by atoms with Crippen LogP contribution in [0, 0.1) is 0 Å². The monoisotopic (exact) mass is 406 g/mol. The molecule has 2 aromatic rings. The van der Waals surface area contributed by atoms with Crippen LogP contribution in [0.1, 0.15) is 24.8 Å². The molecule has 2 atom stereocenters. The fraction of sp³-hybridized carbons (Fsp3) is 0.350. The Labute approximate surface area is 165 Å². The minimum atomic E-state index is -3.88. The van der Waals surface area contributed by atoms with Crippen LogP contribution in [0.2, 0.25) is 0 Å². The molecule has 0 aliphatic carbocycles. The van der Waals surface area contributed by atoms with Crippen molar-refractivity contribution in [1.29, 1.82) is 0 Å². The molecule has 0 fully saturated rings. The second-order valence-electron chi connectivity index (χ2n) is 6.49. The lowest BCUT2D eigenvalue weighted by atomic mass is 10.0. The Kier molecular flexibility index (Phi) is 7.98. The molecule has 0 aliphatic heterocycles. The van der Waals surface area contributed by atoms with Crippen molar-refractivity contribution in [2.24, 2.45) is 5.73 Å². The number of rotatable bonds is 10. The van der Waals surface area contributed by atoms with Crippen molar-refractivity contribution in [2.75, 3.05) is 7.11 Å². The van der Waals surface area contributed by atoms with E-state index in [0.29, 0.717) is 12.2 Å². The van der Waals surface area contributed by atoms with Crippen LogP contribution < -0.4 is 16.0 Å². The summed E-state index contributed by atoms with van der Waals surface area (Å²) in [4.78, 5) is 11.9. The van der Waals surface area contributed by atoms with Gasteiger partial charge in [-0.05, 0) is 49.1 Å². The Bertz CT molecular complexity index is 854. The lowest BCUT2D eigenvalue weighted by Gasteiger charge is -2.22. The van der Waals surface area contributed by atoms with Crippen molar-refractivity contribution in [1.82, 2.24) is 5.48 Å². The minimum Gasteiger partial charge on any atom is -0.497 e. The van der Waals surface area contributed by atoms with Gasteiger partial charge in [0.1, 0.15) is 11.8 Å². The van der Waals surface area contributed by atoms with E-state index >= 15 is 0 Å². The molecule has 2 unspecified atom stereocenters. The lowest BCUT2D eigenvalue weighted by molar-refractivity contribution is -0.130. The van der Waals surface area contributed by atoms with Gasteiger partial charge in [0.15, 0.2) is 9.84 Å². The molecule has 1 amide bonds. The highest BCUT2D eigenvalue weighted by Crippen LogP contribution is 2.25. The molecular weight excluding hydrogens is 380 g/mol. The summed E-state index contributed by atoms with van der Waals surface area (Å²) in [6.07, 6.45) is 2.33. The van der Waals surface area contributed by atoms with Gasteiger partial charge in [-0.15, -0.1) is 0 Å². The number of unbranched alkanes of at least 4 members (excludes halogenated alkanes) is 1. The number of ether oxygens (including phenoxy) is 1. The number of carbonyl (C=O) groups is 1. The van der Waals surface area contributed by atoms with Crippen molar-refractivity contribution in [2.45, 2.75) is 41.9 Å². The summed E-state index contributed by atoms with van der Waals surface area (Å²) in [5.74, 6) is -0.402. The van der Waals surface area contributed by atoms with E-state index in [-0.39, 0.29) is 11.3 Å². The predicted octanol–water partition coefficient (Wildman–Crippen LogP) is 2.08. The summed E-state index contributed by atoms with van der Waals surface area (Å²) in [5, 5.41) is 7.74. The van der Waals surface area contributed by atoms with Crippen LogP contribution >= 0.6 is 0 Å². The quantitative estimate of drug-likeness (QED) is 0.316. The van der Waals surface area contributed by atoms with Gasteiger partial charge >= 0.3 is 0 Å². The van der Waals surface area contributed by atoms with Crippen LogP contribution in [-0.2, 0) is 21.1 Å². The number of amides is 1. The minimum absolute atomic E-state index is 0.0579. The van der Waals surface area contributed by atoms with Crippen molar-refractivity contribution < 1.29 is 23.2 Å². The summed E-state index contributed by atoms with van der Waals surface area (Å²) >= 11 is 0. The van der Waals surface area contributed by atoms with E-state index in [4.69, 9.17) is 15.7 Å². The van der Waals surface area contributed by atoms with Gasteiger partial charge in [-0.3, -0.25) is 10.0 Å². The van der Waals surface area contributed by atoms with E-state index in [0.717, 1.165) is 18.4 Å². The van der Waals surface area contributed by atoms with E-state index in [2.05, 4.69) is 0 Å². The molecule has 152 valence electrons. The molecule has 0 bridgehead atoms. The topological polar surface area (TPSA) is 119 Å². The molecule has 28 heavy (non-hydrogen) atoms. The Hall–Kier alpha value is -2.42. The van der Waals surface area contributed by atoms with Crippen LogP contribution in [-0.4, -0.2) is 37.9 Å². The average Bonchev–Trinajstić information content (AvgIpc) is 2.73. The van der Waals surface area contributed by atoms with Crippen molar-refractivity contribution in [3.8, 4) is 5.75 Å². The molecule has 8 heteroatoms. The van der Waals surface area contributed by atoms with Crippen LogP contribution in [0.5, 0.6) is 5.75 Å². The largest absolute Gasteiger partial charge is 0.497 e. The first-order chi connectivity index (χ1) is 13.4. The first kappa shape index (κ1) is 21.9. The van der Waals surface area contributed by atoms with Crippen molar-refractivity contribution >= 4 is 15.7 Å². The number of carbonyl (C=O) groups excluding carboxylic acids is 1. The normalized spacial score (nSPS) is 13.5. The molecule has 0 aromatic heterocycles. The highest BCUT2D eigenvalue weighted by Gasteiger charge is 2.36. The smallest absolute Gasteiger partial charge is 0.261 e. The number of methoxy groups -OCH3 is 1. The maximum absolute atomic E-state index is 13.1. The van der Waals surface area contributed by atoms with Gasteiger partial charge in [-0.25, -0.2) is 13.9 Å². The van der Waals surface area contributed by atoms with Crippen molar-refractivity contribution in [3.05, 3.63) is 60.2 Å². The standard InChI is InChI=1S/C20H26N2O5S/c1-27-16-11-13-17(14-12-16)28(25,26)18(19(21)20(23)22-24)10-6-5-9-15-7-3-2-4-8-15/h2-4,7-8,11-14,18-19,24H,5-6,9-10,21H2,1H3,(H,22,23). The summed E-state index contributed by atoms with van der Waals surface area (Å²) in [6, 6.07) is 14.4. The average molecular weight is 407 g/mol. The Morgan fingerprint density at radius 3 is 2.32 bits per heavy atom. The Morgan fingerprint density at radius 2 is 1.75 bits per heavy atom. The van der Waals surface area contributed by atoms with E-state index in [1.807, 2.05) is 30.3 Å². The Morgan fingerprint density at radius 1 is 1.11 bits per heavy atom. The lowest BCUT2D eigenvalue weighted by Crippen LogP contribution is -2.50. The summed E-state index contributed by atoms with van der Waals surface area (Å²) in [6.45, 7) is 0. The fourth-order valence-electron chi connectivity index (χ4n) is 3.03. The number of hydrogen-bond acceptors (Lipinski definition) is 6. The molecular formula is C20H26N2O5S. The van der Waals surface area contributed by atoms with Crippen molar-refractivity contribution in [3.63, 3.8) is 0 Å². The van der Waals surface area contributed by atoms with Gasteiger partial charge in [-0.1, -0.05) is 36.8 Å². The van der Waals surface area contributed by atoms with Crippen LogP contribution in [0.4, 0.5) is 0 Å². The first-order valence-electron chi connectivity index (χ1n) is 9.01. The zero-order chi connectivity index (χ0) is 20.6. The van der Waals surface area contributed by atoms with E-state index < -0.39 is 27.0 Å². The number of aryl methyl sites for hydroxylation is 1. The number of nitrogens with one attached hydrogen (secondary N) is 1. The van der Waals surface area contributed by atoms with E-state index in [9.17, 15) is 13.2 Å². The fourth-order valence-corrected chi connectivity index (χ4v) is 4.88. The number of nitrogens with two attached hydrogens (primary N) is 1. The van der Waals surface area contributed by atoms with Gasteiger partial charge in [0, 0.05) is 0 Å². The third kappa shape index (κ3) is 5.54. The molecule has 0 spiro atoms. The highest BCUT2D eigenvalue weighted by molar-refractivity contribution is 7.92. The van der Waals surface area contributed by atoms with Crippen LogP contribution in [0.25, 0.3) is 0 Å². The van der Waals surface area contributed by atoms with Gasteiger partial charge < -0.3 is 10.5 Å². The predicted molar refractivity (Wildman–Crippen MR) is 106 cm³/mol. The zero-order valence-corrected chi connectivity index (χ0v) is 16.6. The van der Waals surface area contributed by atoms with Gasteiger partial charge in [0.2, 0.25) is 0 Å². The number of sulfone groups is 1. The van der Waals surface area contributed by atoms with Crippen LogP contribution in [0.3, 0.4) is 0 Å². The molecule has 0 heterocycles. The first-order valence-corrected chi connectivity index (χ1v) is 10.6.